The Morgan fingerprint density at radius 3 is 3.06 bits per heavy atom. The molecule has 16 heavy (non-hydrogen) atoms. The number of fused-ring (bicyclic) bond motifs is 1. The summed E-state index contributed by atoms with van der Waals surface area (Å²) in [5.74, 6) is 0.449. The zero-order valence-corrected chi connectivity index (χ0v) is 9.86. The van der Waals surface area contributed by atoms with Crippen molar-refractivity contribution in [2.75, 3.05) is 7.11 Å². The highest BCUT2D eigenvalue weighted by molar-refractivity contribution is 5.84. The van der Waals surface area contributed by atoms with Crippen LogP contribution in [-0.4, -0.2) is 30.2 Å². The predicted molar refractivity (Wildman–Crippen MR) is 59.1 cm³/mol. The van der Waals surface area contributed by atoms with Crippen LogP contribution >= 0.6 is 0 Å². The van der Waals surface area contributed by atoms with E-state index in [0.29, 0.717) is 5.78 Å². The van der Waals surface area contributed by atoms with Crippen LogP contribution in [0.1, 0.15) is 32.6 Å². The van der Waals surface area contributed by atoms with Crippen molar-refractivity contribution >= 4 is 5.78 Å². The molecule has 1 aliphatic carbocycles. The summed E-state index contributed by atoms with van der Waals surface area (Å²) in [7, 11) is 1.70. The summed E-state index contributed by atoms with van der Waals surface area (Å²) in [5.41, 5.74) is -0.637. The van der Waals surface area contributed by atoms with Crippen LogP contribution in [-0.2, 0) is 14.3 Å². The molecular weight excluding hydrogens is 204 g/mol. The lowest BCUT2D eigenvalue weighted by atomic mass is 9.69. The molecule has 3 aliphatic rings. The van der Waals surface area contributed by atoms with Gasteiger partial charge in [-0.15, -0.1) is 0 Å². The lowest BCUT2D eigenvalue weighted by Gasteiger charge is -2.33. The molecule has 3 nitrogen and oxygen atoms in total. The van der Waals surface area contributed by atoms with E-state index in [1.54, 1.807) is 7.11 Å². The number of Topliss-reactive ketones (excluding diaryl/α,β-unsaturated/α-hetero) is 1. The van der Waals surface area contributed by atoms with Crippen LogP contribution in [0, 0.1) is 5.92 Å². The molecule has 1 saturated carbocycles. The fourth-order valence-corrected chi connectivity index (χ4v) is 3.48. The van der Waals surface area contributed by atoms with Gasteiger partial charge in [0.25, 0.3) is 0 Å². The summed E-state index contributed by atoms with van der Waals surface area (Å²) in [6, 6.07) is 0. The number of hydrogen-bond donors (Lipinski definition) is 0. The van der Waals surface area contributed by atoms with E-state index in [0.717, 1.165) is 25.7 Å². The van der Waals surface area contributed by atoms with Crippen molar-refractivity contribution in [1.82, 2.24) is 0 Å². The SMILES string of the molecule is CO[C@@H](C)[C@@]12C=C[C@]3(CCCC(=O)[C@@H]3C1)O2. The Hall–Kier alpha value is -0.670. The Morgan fingerprint density at radius 1 is 1.56 bits per heavy atom. The summed E-state index contributed by atoms with van der Waals surface area (Å²) >= 11 is 0. The molecular formula is C13H18O3. The van der Waals surface area contributed by atoms with Gasteiger partial charge in [0.15, 0.2) is 0 Å². The lowest BCUT2D eigenvalue weighted by Crippen LogP contribution is -2.40. The summed E-state index contributed by atoms with van der Waals surface area (Å²) in [4.78, 5) is 12.0. The highest BCUT2D eigenvalue weighted by Crippen LogP contribution is 2.56. The minimum absolute atomic E-state index is 0.0153. The Kier molecular flexibility index (Phi) is 2.08. The van der Waals surface area contributed by atoms with Gasteiger partial charge in [-0.25, -0.2) is 0 Å². The van der Waals surface area contributed by atoms with Gasteiger partial charge >= 0.3 is 0 Å². The zero-order chi connectivity index (χ0) is 11.4. The zero-order valence-electron chi connectivity index (χ0n) is 9.86. The average molecular weight is 222 g/mol. The van der Waals surface area contributed by atoms with E-state index in [1.165, 1.54) is 0 Å². The first-order chi connectivity index (χ1) is 7.62. The molecule has 2 fully saturated rings. The van der Waals surface area contributed by atoms with Crippen LogP contribution in [0.4, 0.5) is 0 Å². The van der Waals surface area contributed by atoms with E-state index < -0.39 is 0 Å². The maximum Gasteiger partial charge on any atom is 0.139 e. The number of carbonyl (C=O) groups excluding carboxylic acids is 1. The molecule has 2 aliphatic heterocycles. The predicted octanol–water partition coefficient (Wildman–Crippen LogP) is 1.86. The van der Waals surface area contributed by atoms with E-state index >= 15 is 0 Å². The van der Waals surface area contributed by atoms with Crippen LogP contribution in [0.25, 0.3) is 0 Å². The summed E-state index contributed by atoms with van der Waals surface area (Å²) in [5, 5.41) is 0. The van der Waals surface area contributed by atoms with E-state index in [4.69, 9.17) is 9.47 Å². The molecule has 88 valence electrons. The lowest BCUT2D eigenvalue weighted by molar-refractivity contribution is -0.136. The maximum absolute atomic E-state index is 12.0. The monoisotopic (exact) mass is 222 g/mol. The highest BCUT2D eigenvalue weighted by atomic mass is 16.6. The van der Waals surface area contributed by atoms with Crippen molar-refractivity contribution in [2.45, 2.75) is 49.9 Å². The standard InChI is InChI=1S/C13H18O3/c1-9(15-2)13-7-6-12(16-13)5-3-4-11(14)10(12)8-13/h6-7,9-10H,3-5,8H2,1-2H3/t9-,10-,12-,13+/m0/s1. The van der Waals surface area contributed by atoms with Gasteiger partial charge in [0, 0.05) is 13.5 Å². The number of ketones is 1. The maximum atomic E-state index is 12.0. The third-order valence-corrected chi connectivity index (χ3v) is 4.56. The topological polar surface area (TPSA) is 35.5 Å². The van der Waals surface area contributed by atoms with E-state index in [1.807, 2.05) is 6.92 Å². The van der Waals surface area contributed by atoms with E-state index in [9.17, 15) is 4.79 Å². The normalized spacial score (nSPS) is 47.1. The van der Waals surface area contributed by atoms with Gasteiger partial charge in [-0.3, -0.25) is 4.79 Å². The quantitative estimate of drug-likeness (QED) is 0.669. The molecule has 3 heteroatoms. The van der Waals surface area contributed by atoms with Crippen molar-refractivity contribution in [2.24, 2.45) is 5.92 Å². The Labute approximate surface area is 95.8 Å². The molecule has 0 radical (unpaired) electrons. The van der Waals surface area contributed by atoms with Crippen molar-refractivity contribution in [3.05, 3.63) is 12.2 Å². The molecule has 0 aromatic carbocycles. The third kappa shape index (κ3) is 1.13. The summed E-state index contributed by atoms with van der Waals surface area (Å²) in [6.45, 7) is 2.02. The van der Waals surface area contributed by atoms with Gasteiger partial charge < -0.3 is 9.47 Å². The van der Waals surface area contributed by atoms with Crippen LogP contribution in [0.2, 0.25) is 0 Å². The molecule has 0 aromatic rings. The minimum atomic E-state index is -0.348. The first-order valence-corrected chi connectivity index (χ1v) is 6.08. The Bertz CT molecular complexity index is 362. The fourth-order valence-electron chi connectivity index (χ4n) is 3.48. The van der Waals surface area contributed by atoms with Gasteiger partial charge in [-0.1, -0.05) is 12.2 Å². The molecule has 3 rings (SSSR count). The number of ether oxygens (including phenoxy) is 2. The smallest absolute Gasteiger partial charge is 0.139 e. The van der Waals surface area contributed by atoms with Gasteiger partial charge in [0.2, 0.25) is 0 Å². The third-order valence-electron chi connectivity index (χ3n) is 4.56. The largest absolute Gasteiger partial charge is 0.378 e. The number of carbonyl (C=O) groups is 1. The molecule has 4 atom stereocenters. The molecule has 0 N–H and O–H groups in total. The van der Waals surface area contributed by atoms with E-state index in [-0.39, 0.29) is 23.2 Å². The second kappa shape index (κ2) is 3.17. The number of methoxy groups -OCH3 is 1. The second-order valence-corrected chi connectivity index (χ2v) is 5.30. The van der Waals surface area contributed by atoms with Crippen LogP contribution in [0.3, 0.4) is 0 Å². The summed E-state index contributed by atoms with van der Waals surface area (Å²) < 4.78 is 11.6. The van der Waals surface area contributed by atoms with Crippen LogP contribution < -0.4 is 0 Å². The van der Waals surface area contributed by atoms with Crippen molar-refractivity contribution in [1.29, 1.82) is 0 Å². The second-order valence-electron chi connectivity index (χ2n) is 5.30. The van der Waals surface area contributed by atoms with Crippen molar-refractivity contribution in [3.8, 4) is 0 Å². The molecule has 1 spiro atoms. The molecule has 1 saturated heterocycles. The molecule has 0 aromatic heterocycles. The first-order valence-electron chi connectivity index (χ1n) is 6.08. The number of rotatable bonds is 2. The average Bonchev–Trinajstić information content (AvgIpc) is 2.82. The van der Waals surface area contributed by atoms with E-state index in [2.05, 4.69) is 12.2 Å². The minimum Gasteiger partial charge on any atom is -0.378 e. The Morgan fingerprint density at radius 2 is 2.38 bits per heavy atom. The van der Waals surface area contributed by atoms with Crippen molar-refractivity contribution < 1.29 is 14.3 Å². The molecule has 2 heterocycles. The van der Waals surface area contributed by atoms with Crippen LogP contribution in [0.15, 0.2) is 12.2 Å². The summed E-state index contributed by atoms with van der Waals surface area (Å²) in [6.07, 6.45) is 7.72. The fraction of sp³-hybridized carbons (Fsp3) is 0.769. The van der Waals surface area contributed by atoms with Crippen LogP contribution in [0.5, 0.6) is 0 Å². The van der Waals surface area contributed by atoms with Gasteiger partial charge in [-0.2, -0.15) is 0 Å². The van der Waals surface area contributed by atoms with Gasteiger partial charge in [-0.05, 0) is 26.2 Å². The van der Waals surface area contributed by atoms with Gasteiger partial charge in [0.05, 0.1) is 17.6 Å². The molecule has 0 amide bonds. The Balaban J connectivity index is 1.96. The number of hydrogen-bond acceptors (Lipinski definition) is 3. The molecule has 2 bridgehead atoms. The molecule has 0 unspecified atom stereocenters. The van der Waals surface area contributed by atoms with Crippen molar-refractivity contribution in [3.63, 3.8) is 0 Å². The first kappa shape index (κ1) is 10.5. The van der Waals surface area contributed by atoms with Gasteiger partial charge in [0.1, 0.15) is 11.4 Å². The highest BCUT2D eigenvalue weighted by Gasteiger charge is 2.62.